The molecule has 0 aromatic heterocycles. The second-order valence-corrected chi connectivity index (χ2v) is 6.28. The third-order valence-corrected chi connectivity index (χ3v) is 4.97. The molecule has 1 amide bonds. The first-order valence-corrected chi connectivity index (χ1v) is 7.53. The zero-order chi connectivity index (χ0) is 15.6. The van der Waals surface area contributed by atoms with Crippen LogP contribution in [0, 0.1) is 10.1 Å². The maximum absolute atomic E-state index is 12.5. The molecule has 1 saturated heterocycles. The van der Waals surface area contributed by atoms with E-state index in [4.69, 9.17) is 0 Å². The maximum atomic E-state index is 12.5. The summed E-state index contributed by atoms with van der Waals surface area (Å²) in [7, 11) is -2.42. The number of nitrogens with zero attached hydrogens (tertiary/aromatic N) is 2. The lowest BCUT2D eigenvalue weighted by Crippen LogP contribution is -2.49. The van der Waals surface area contributed by atoms with Crippen molar-refractivity contribution in [3.63, 3.8) is 0 Å². The molecule has 1 fully saturated rings. The average molecular weight is 314 g/mol. The van der Waals surface area contributed by atoms with Crippen molar-refractivity contribution in [3.05, 3.63) is 28.3 Å². The van der Waals surface area contributed by atoms with Crippen molar-refractivity contribution in [1.29, 1.82) is 0 Å². The summed E-state index contributed by atoms with van der Waals surface area (Å²) in [6, 6.07) is 3.44. The second kappa shape index (κ2) is 5.66. The minimum absolute atomic E-state index is 0.0923. The number of amides is 1. The predicted octanol–water partition coefficient (Wildman–Crippen LogP) is -0.243. The van der Waals surface area contributed by atoms with Gasteiger partial charge in [-0.2, -0.15) is 4.31 Å². The number of hydrogen-bond donors (Lipinski definition) is 2. The quantitative estimate of drug-likeness (QED) is 0.584. The van der Waals surface area contributed by atoms with E-state index in [0.717, 1.165) is 16.4 Å². The van der Waals surface area contributed by atoms with Crippen LogP contribution in [0.3, 0.4) is 0 Å². The van der Waals surface area contributed by atoms with Crippen LogP contribution in [-0.2, 0) is 14.8 Å². The summed E-state index contributed by atoms with van der Waals surface area (Å²) in [5, 5.41) is 15.9. The third-order valence-electron chi connectivity index (χ3n) is 3.06. The Hall–Kier alpha value is -2.20. The van der Waals surface area contributed by atoms with E-state index < -0.39 is 14.9 Å². The summed E-state index contributed by atoms with van der Waals surface area (Å²) in [4.78, 5) is 21.4. The van der Waals surface area contributed by atoms with Gasteiger partial charge in [0.05, 0.1) is 17.2 Å². The summed E-state index contributed by atoms with van der Waals surface area (Å²) in [5.41, 5.74) is -0.0927. The van der Waals surface area contributed by atoms with Crippen LogP contribution >= 0.6 is 0 Å². The second-order valence-electron chi connectivity index (χ2n) is 4.38. The van der Waals surface area contributed by atoms with Crippen molar-refractivity contribution in [3.8, 4) is 0 Å². The molecule has 114 valence electrons. The van der Waals surface area contributed by atoms with E-state index in [1.54, 1.807) is 0 Å². The van der Waals surface area contributed by atoms with Crippen LogP contribution in [0.15, 0.2) is 23.1 Å². The lowest BCUT2D eigenvalue weighted by atomic mass is 10.3. The molecule has 10 heteroatoms. The molecule has 0 unspecified atom stereocenters. The van der Waals surface area contributed by atoms with Gasteiger partial charge >= 0.3 is 0 Å². The highest BCUT2D eigenvalue weighted by atomic mass is 32.2. The van der Waals surface area contributed by atoms with Crippen LogP contribution in [0.5, 0.6) is 0 Å². The van der Waals surface area contributed by atoms with Crippen molar-refractivity contribution in [2.24, 2.45) is 0 Å². The van der Waals surface area contributed by atoms with Crippen LogP contribution in [0.25, 0.3) is 0 Å². The number of sulfonamides is 1. The van der Waals surface area contributed by atoms with Crippen molar-refractivity contribution >= 4 is 27.3 Å². The molecule has 21 heavy (non-hydrogen) atoms. The van der Waals surface area contributed by atoms with Gasteiger partial charge in [-0.3, -0.25) is 14.9 Å². The molecule has 1 heterocycles. The van der Waals surface area contributed by atoms with E-state index in [0.29, 0.717) is 0 Å². The van der Waals surface area contributed by atoms with Gasteiger partial charge in [-0.25, -0.2) is 8.42 Å². The van der Waals surface area contributed by atoms with Gasteiger partial charge in [-0.15, -0.1) is 0 Å². The Morgan fingerprint density at radius 2 is 2.14 bits per heavy atom. The molecule has 1 aliphatic heterocycles. The van der Waals surface area contributed by atoms with E-state index in [9.17, 15) is 23.3 Å². The predicted molar refractivity (Wildman–Crippen MR) is 74.4 cm³/mol. The number of benzene rings is 1. The third kappa shape index (κ3) is 2.95. The van der Waals surface area contributed by atoms with Crippen LogP contribution < -0.4 is 10.6 Å². The van der Waals surface area contributed by atoms with Gasteiger partial charge < -0.3 is 10.6 Å². The molecule has 2 N–H and O–H groups in total. The lowest BCUT2D eigenvalue weighted by molar-refractivity contribution is -0.384. The number of piperazine rings is 1. The van der Waals surface area contributed by atoms with Gasteiger partial charge in [0.1, 0.15) is 4.90 Å². The van der Waals surface area contributed by atoms with Gasteiger partial charge in [0, 0.05) is 32.3 Å². The summed E-state index contributed by atoms with van der Waals surface area (Å²) < 4.78 is 26.1. The van der Waals surface area contributed by atoms with Gasteiger partial charge in [-0.1, -0.05) is 0 Å². The number of anilines is 1. The Balaban J connectivity index is 2.44. The molecule has 0 saturated carbocycles. The number of nitrogens with one attached hydrogen (secondary N) is 2. The van der Waals surface area contributed by atoms with Gasteiger partial charge in [0.25, 0.3) is 5.69 Å². The molecular weight excluding hydrogens is 300 g/mol. The van der Waals surface area contributed by atoms with E-state index in [2.05, 4.69) is 10.6 Å². The molecule has 0 radical (unpaired) electrons. The summed E-state index contributed by atoms with van der Waals surface area (Å²) in [6.07, 6.45) is 0. The van der Waals surface area contributed by atoms with Crippen LogP contribution in [0.1, 0.15) is 0 Å². The fourth-order valence-electron chi connectivity index (χ4n) is 2.01. The maximum Gasteiger partial charge on any atom is 0.271 e. The molecule has 1 aromatic rings. The largest absolute Gasteiger partial charge is 0.387 e. The van der Waals surface area contributed by atoms with Crippen molar-refractivity contribution in [1.82, 2.24) is 9.62 Å². The zero-order valence-corrected chi connectivity index (χ0v) is 12.0. The average Bonchev–Trinajstić information content (AvgIpc) is 2.46. The highest BCUT2D eigenvalue weighted by molar-refractivity contribution is 7.89. The molecule has 0 bridgehead atoms. The summed E-state index contributed by atoms with van der Waals surface area (Å²) in [5.74, 6) is -0.377. The van der Waals surface area contributed by atoms with Crippen molar-refractivity contribution < 1.29 is 18.1 Å². The molecule has 9 nitrogen and oxygen atoms in total. The summed E-state index contributed by atoms with van der Waals surface area (Å²) in [6.45, 7) is 0.136. The van der Waals surface area contributed by atoms with Crippen molar-refractivity contribution in [2.75, 3.05) is 32.0 Å². The molecular formula is C11H14N4O5S. The standard InChI is InChI=1S/C11H14N4O5S/c1-12-9-6-8(15(17)18)2-3-10(9)21(19,20)14-5-4-13-11(16)7-14/h2-3,6,12H,4-5,7H2,1H3,(H,13,16). The Morgan fingerprint density at radius 3 is 2.71 bits per heavy atom. The van der Waals surface area contributed by atoms with Gasteiger partial charge in [0.2, 0.25) is 15.9 Å². The molecule has 0 spiro atoms. The number of rotatable bonds is 4. The van der Waals surface area contributed by atoms with Crippen LogP contribution in [0.4, 0.5) is 11.4 Å². The fraction of sp³-hybridized carbons (Fsp3) is 0.364. The first-order valence-electron chi connectivity index (χ1n) is 6.09. The number of non-ortho nitro benzene ring substituents is 1. The minimum atomic E-state index is -3.89. The zero-order valence-electron chi connectivity index (χ0n) is 11.2. The van der Waals surface area contributed by atoms with Crippen molar-refractivity contribution in [2.45, 2.75) is 4.90 Å². The Bertz CT molecular complexity index is 688. The topological polar surface area (TPSA) is 122 Å². The monoisotopic (exact) mass is 314 g/mol. The van der Waals surface area contributed by atoms with Crippen LogP contribution in [0.2, 0.25) is 0 Å². The first-order chi connectivity index (χ1) is 9.86. The number of carbonyl (C=O) groups is 1. The minimum Gasteiger partial charge on any atom is -0.387 e. The molecule has 2 rings (SSSR count). The normalized spacial score (nSPS) is 16.3. The van der Waals surface area contributed by atoms with Crippen LogP contribution in [-0.4, -0.2) is 50.2 Å². The van der Waals surface area contributed by atoms with E-state index in [1.807, 2.05) is 0 Å². The molecule has 0 atom stereocenters. The Kier molecular flexibility index (Phi) is 4.09. The SMILES string of the molecule is CNc1cc([N+](=O)[O-])ccc1S(=O)(=O)N1CCNC(=O)C1. The number of nitro groups is 1. The molecule has 1 aliphatic rings. The molecule has 1 aromatic carbocycles. The Labute approximate surface area is 121 Å². The highest BCUT2D eigenvalue weighted by Gasteiger charge is 2.31. The van der Waals surface area contributed by atoms with Gasteiger partial charge in [0.15, 0.2) is 0 Å². The molecule has 0 aliphatic carbocycles. The first kappa shape index (κ1) is 15.2. The van der Waals surface area contributed by atoms with E-state index in [-0.39, 0.29) is 41.8 Å². The number of hydrogen-bond acceptors (Lipinski definition) is 6. The summed E-state index contributed by atoms with van der Waals surface area (Å²) >= 11 is 0. The Morgan fingerprint density at radius 1 is 1.43 bits per heavy atom. The smallest absolute Gasteiger partial charge is 0.271 e. The van der Waals surface area contributed by atoms with E-state index in [1.165, 1.54) is 13.1 Å². The highest BCUT2D eigenvalue weighted by Crippen LogP contribution is 2.28. The number of carbonyl (C=O) groups excluding carboxylic acids is 1. The fourth-order valence-corrected chi connectivity index (χ4v) is 3.59. The number of nitro benzene ring substituents is 1. The van der Waals surface area contributed by atoms with Gasteiger partial charge in [-0.05, 0) is 6.07 Å². The lowest BCUT2D eigenvalue weighted by Gasteiger charge is -2.26. The van der Waals surface area contributed by atoms with E-state index >= 15 is 0 Å².